The SMILES string of the molecule is CCCOC(=O)C(C)C(OC1CC(C)(OC)[C@@](O)(CN=[N+]=[N-])C(C)O1)C(C)C(OC1OC(C)CC(N(C)C)C1O)C(C)(O)CC(C)CN(C)C(C)C(O)C(C)(C)O. The van der Waals surface area contributed by atoms with Gasteiger partial charge in [-0.1, -0.05) is 25.9 Å². The number of ether oxygens (including phenoxy) is 6. The molecule has 16 atom stereocenters. The summed E-state index contributed by atoms with van der Waals surface area (Å²) in [5.41, 5.74) is 3.07. The summed E-state index contributed by atoms with van der Waals surface area (Å²) in [6, 6.07) is -0.717. The van der Waals surface area contributed by atoms with Crippen LogP contribution in [0.15, 0.2) is 5.11 Å². The Morgan fingerprint density at radius 3 is 2.23 bits per heavy atom. The van der Waals surface area contributed by atoms with Crippen molar-refractivity contribution in [2.75, 3.05) is 47.9 Å². The van der Waals surface area contributed by atoms with Gasteiger partial charge >= 0.3 is 5.97 Å². The number of aliphatic hydroxyl groups excluding tert-OH is 2. The maximum Gasteiger partial charge on any atom is 0.311 e. The molecule has 57 heavy (non-hydrogen) atoms. The molecule has 0 aromatic carbocycles. The number of nitrogens with zero attached hydrogens (tertiary/aromatic N) is 5. The van der Waals surface area contributed by atoms with Crippen LogP contribution in [0.4, 0.5) is 0 Å². The summed E-state index contributed by atoms with van der Waals surface area (Å²) in [4.78, 5) is 20.3. The third-order valence-electron chi connectivity index (χ3n) is 12.4. The van der Waals surface area contributed by atoms with Gasteiger partial charge < -0.3 is 63.8 Å². The van der Waals surface area contributed by atoms with Crippen LogP contribution in [0.3, 0.4) is 0 Å². The number of aliphatic hydroxyl groups is 5. The Morgan fingerprint density at radius 1 is 1.09 bits per heavy atom. The van der Waals surface area contributed by atoms with Crippen molar-refractivity contribution >= 4 is 5.97 Å². The second-order valence-corrected chi connectivity index (χ2v) is 18.2. The summed E-state index contributed by atoms with van der Waals surface area (Å²) in [5.74, 6) is -2.42. The minimum Gasteiger partial charge on any atom is -0.465 e. The molecule has 5 N–H and O–H groups in total. The van der Waals surface area contributed by atoms with Crippen molar-refractivity contribution in [2.45, 2.75) is 186 Å². The lowest BCUT2D eigenvalue weighted by atomic mass is 9.75. The highest BCUT2D eigenvalue weighted by Gasteiger charge is 2.58. The first-order valence-corrected chi connectivity index (χ1v) is 20.5. The van der Waals surface area contributed by atoms with Crippen LogP contribution < -0.4 is 0 Å². The summed E-state index contributed by atoms with van der Waals surface area (Å²) < 4.78 is 37.4. The summed E-state index contributed by atoms with van der Waals surface area (Å²) in [6.45, 7) is 19.4. The lowest BCUT2D eigenvalue weighted by molar-refractivity contribution is -0.335. The average molecular weight is 820 g/mol. The van der Waals surface area contributed by atoms with Crippen LogP contribution >= 0.6 is 0 Å². The fraction of sp³-hybridized carbons (Fsp3) is 0.975. The number of hydrogen-bond acceptors (Lipinski definition) is 15. The van der Waals surface area contributed by atoms with Gasteiger partial charge in [0.05, 0.1) is 60.8 Å². The van der Waals surface area contributed by atoms with Crippen LogP contribution in [-0.4, -0.2) is 173 Å². The first kappa shape index (κ1) is 51.4. The molecule has 17 nitrogen and oxygen atoms in total. The van der Waals surface area contributed by atoms with Gasteiger partial charge in [-0.25, -0.2) is 0 Å². The molecule has 2 saturated heterocycles. The van der Waals surface area contributed by atoms with Crippen LogP contribution in [0.5, 0.6) is 0 Å². The van der Waals surface area contributed by atoms with Crippen LogP contribution in [-0.2, 0) is 33.2 Å². The second kappa shape index (κ2) is 21.2. The molecule has 2 aliphatic rings. The van der Waals surface area contributed by atoms with Gasteiger partial charge in [0.2, 0.25) is 0 Å². The molecule has 2 aliphatic heterocycles. The van der Waals surface area contributed by atoms with E-state index in [0.717, 1.165) is 0 Å². The summed E-state index contributed by atoms with van der Waals surface area (Å²) >= 11 is 0. The quantitative estimate of drug-likeness (QED) is 0.0458. The zero-order valence-corrected chi connectivity index (χ0v) is 37.3. The molecule has 2 fully saturated rings. The highest BCUT2D eigenvalue weighted by molar-refractivity contribution is 5.72. The smallest absolute Gasteiger partial charge is 0.311 e. The summed E-state index contributed by atoms with van der Waals surface area (Å²) in [6.07, 6.45) is -6.35. The highest BCUT2D eigenvalue weighted by Crippen LogP contribution is 2.43. The fourth-order valence-electron chi connectivity index (χ4n) is 8.61. The van der Waals surface area contributed by atoms with Gasteiger partial charge in [-0.15, -0.1) is 0 Å². The summed E-state index contributed by atoms with van der Waals surface area (Å²) in [5, 5.41) is 60.8. The molecule has 2 rings (SSSR count). The van der Waals surface area contributed by atoms with Gasteiger partial charge in [-0.05, 0) is 107 Å². The molecule has 0 spiro atoms. The molecular formula is C40H77N5O12. The number of likely N-dealkylation sites (N-methyl/N-ethyl adjacent to an activating group) is 2. The summed E-state index contributed by atoms with van der Waals surface area (Å²) in [7, 11) is 7.02. The number of hydrogen-bond donors (Lipinski definition) is 5. The molecule has 0 aromatic rings. The van der Waals surface area contributed by atoms with E-state index in [1.807, 2.05) is 58.6 Å². The van der Waals surface area contributed by atoms with Crippen LogP contribution in [0, 0.1) is 17.8 Å². The standard InChI is InChI=1S/C40H77N5O12/c1-16-17-53-35(48)26(5)32(56-30-20-39(11,52-15)40(51,22-42-43-41)28(7)55-30)25(4)34(57-36-31(46)29(44(12)13)18-24(3)54-36)38(10,50)19-23(2)21-45(14)27(6)33(47)37(8,9)49/h23-34,36,46-47,49-51H,16-22H2,1-15H3/t23?,24?,25?,26?,27?,28?,29?,30?,31?,32?,33?,34?,36?,38?,39?,40-/m1/s1. The normalized spacial score (nSPS) is 33.4. The molecule has 0 aromatic heterocycles. The topological polar surface area (TPSA) is 229 Å². The maximum atomic E-state index is 13.7. The average Bonchev–Trinajstić information content (AvgIpc) is 3.12. The number of carbonyl (C=O) groups is 1. The van der Waals surface area contributed by atoms with Crippen molar-refractivity contribution in [3.63, 3.8) is 0 Å². The molecule has 0 saturated carbocycles. The number of azide groups is 1. The number of methoxy groups -OCH3 is 1. The Labute approximate surface area is 340 Å². The van der Waals surface area contributed by atoms with Gasteiger partial charge in [0.15, 0.2) is 12.6 Å². The number of esters is 1. The van der Waals surface area contributed by atoms with Crippen molar-refractivity contribution < 1.29 is 58.7 Å². The fourth-order valence-corrected chi connectivity index (χ4v) is 8.61. The first-order chi connectivity index (χ1) is 26.2. The Balaban J connectivity index is 2.64. The molecule has 15 unspecified atom stereocenters. The molecular weight excluding hydrogens is 742 g/mol. The van der Waals surface area contributed by atoms with Gasteiger partial charge in [-0.2, -0.15) is 0 Å². The van der Waals surface area contributed by atoms with E-state index >= 15 is 0 Å². The van der Waals surface area contributed by atoms with Gasteiger partial charge in [0.25, 0.3) is 0 Å². The molecule has 0 amide bonds. The van der Waals surface area contributed by atoms with Crippen molar-refractivity contribution in [3.05, 3.63) is 10.4 Å². The van der Waals surface area contributed by atoms with E-state index in [4.69, 9.17) is 34.0 Å². The van der Waals surface area contributed by atoms with Crippen LogP contribution in [0.1, 0.15) is 102 Å². The lowest BCUT2D eigenvalue weighted by Crippen LogP contribution is -2.68. The van der Waals surface area contributed by atoms with E-state index in [1.54, 1.807) is 48.5 Å². The Morgan fingerprint density at radius 2 is 1.70 bits per heavy atom. The van der Waals surface area contributed by atoms with Gasteiger partial charge in [0.1, 0.15) is 17.3 Å². The van der Waals surface area contributed by atoms with E-state index in [2.05, 4.69) is 10.0 Å². The van der Waals surface area contributed by atoms with Gasteiger partial charge in [-0.3, -0.25) is 4.79 Å². The molecule has 0 bridgehead atoms. The van der Waals surface area contributed by atoms with E-state index in [1.165, 1.54) is 7.11 Å². The lowest BCUT2D eigenvalue weighted by Gasteiger charge is -2.53. The predicted octanol–water partition coefficient (Wildman–Crippen LogP) is 3.22. The van der Waals surface area contributed by atoms with E-state index in [-0.39, 0.29) is 44.1 Å². The molecule has 334 valence electrons. The molecule has 0 aliphatic carbocycles. The van der Waals surface area contributed by atoms with Crippen molar-refractivity contribution in [3.8, 4) is 0 Å². The highest BCUT2D eigenvalue weighted by atomic mass is 16.7. The molecule has 17 heteroatoms. The molecule has 0 radical (unpaired) electrons. The largest absolute Gasteiger partial charge is 0.465 e. The van der Waals surface area contributed by atoms with Crippen LogP contribution in [0.2, 0.25) is 0 Å². The first-order valence-electron chi connectivity index (χ1n) is 20.5. The Bertz CT molecular complexity index is 1300. The zero-order valence-electron chi connectivity index (χ0n) is 37.3. The third kappa shape index (κ3) is 12.9. The van der Waals surface area contributed by atoms with Gasteiger partial charge in [0, 0.05) is 43.0 Å². The minimum atomic E-state index is -1.71. The van der Waals surface area contributed by atoms with E-state index in [9.17, 15) is 30.3 Å². The Hall–Kier alpha value is -1.70. The number of rotatable bonds is 22. The zero-order chi connectivity index (χ0) is 43.8. The van der Waals surface area contributed by atoms with Crippen molar-refractivity contribution in [1.29, 1.82) is 0 Å². The third-order valence-corrected chi connectivity index (χ3v) is 12.4. The number of carbonyl (C=O) groups excluding carboxylic acids is 1. The predicted molar refractivity (Wildman–Crippen MR) is 214 cm³/mol. The second-order valence-electron chi connectivity index (χ2n) is 18.2. The van der Waals surface area contributed by atoms with Crippen molar-refractivity contribution in [1.82, 2.24) is 9.80 Å². The van der Waals surface area contributed by atoms with Crippen molar-refractivity contribution in [2.24, 2.45) is 22.9 Å². The Kier molecular flexibility index (Phi) is 19.1. The van der Waals surface area contributed by atoms with E-state index in [0.29, 0.717) is 19.4 Å². The minimum absolute atomic E-state index is 0.0162. The maximum absolute atomic E-state index is 13.7. The van der Waals surface area contributed by atoms with E-state index < -0.39 is 89.4 Å². The molecule has 2 heterocycles. The monoisotopic (exact) mass is 820 g/mol. The van der Waals surface area contributed by atoms with Crippen LogP contribution in [0.25, 0.3) is 10.4 Å².